The Balaban J connectivity index is 1.26. The van der Waals surface area contributed by atoms with E-state index in [0.29, 0.717) is 18.1 Å². The van der Waals surface area contributed by atoms with Crippen LogP contribution < -0.4 is 20.8 Å². The Morgan fingerprint density at radius 2 is 2.11 bits per heavy atom. The van der Waals surface area contributed by atoms with E-state index in [1.54, 1.807) is 18.8 Å². The van der Waals surface area contributed by atoms with Crippen LogP contribution in [0.15, 0.2) is 28.6 Å². The molecule has 196 valence electrons. The van der Waals surface area contributed by atoms with Crippen LogP contribution in [0.1, 0.15) is 24.4 Å². The molecule has 5 heterocycles. The number of nitrogens with one attached hydrogen (secondary N) is 2. The molecule has 2 unspecified atom stereocenters. The predicted octanol–water partition coefficient (Wildman–Crippen LogP) is -1.83. The third-order valence-electron chi connectivity index (χ3n) is 5.28. The Morgan fingerprint density at radius 3 is 2.80 bits per heavy atom. The topological polar surface area (TPSA) is 170 Å². The van der Waals surface area contributed by atoms with Crippen molar-refractivity contribution in [3.8, 4) is 0 Å². The summed E-state index contributed by atoms with van der Waals surface area (Å²) in [4.78, 5) is 25.7. The van der Waals surface area contributed by atoms with Crippen molar-refractivity contribution in [1.29, 1.82) is 0 Å². The molecule has 14 nitrogen and oxygen atoms in total. The van der Waals surface area contributed by atoms with Crippen molar-refractivity contribution in [2.24, 2.45) is 0 Å². The molecular weight excluding hydrogens is 685 g/mol. The SMILES string of the molecule is CN/C(=C\[N+](=O)[O][Bi]123[O]C(CC(CC(=O)[O-])([O]1)C([O-])[O]2)[O]3)NCCSCc1ccc(CN(C)C)o1. The molecule has 4 aliphatic heterocycles. The van der Waals surface area contributed by atoms with Crippen molar-refractivity contribution < 1.29 is 38.5 Å². The summed E-state index contributed by atoms with van der Waals surface area (Å²) < 4.78 is 32.8. The van der Waals surface area contributed by atoms with Gasteiger partial charge in [0.05, 0.1) is 6.54 Å². The summed E-state index contributed by atoms with van der Waals surface area (Å²) in [5.41, 5.74) is -1.75. The molecule has 1 aromatic heterocycles. The number of carbonyl (C=O) groups is 1. The zero-order valence-electron chi connectivity index (χ0n) is 19.5. The first-order valence-corrected chi connectivity index (χ1v) is 19.1. The van der Waals surface area contributed by atoms with E-state index in [1.807, 2.05) is 31.1 Å². The summed E-state index contributed by atoms with van der Waals surface area (Å²) >= 11 is -4.43. The van der Waals surface area contributed by atoms with Crippen molar-refractivity contribution >= 4 is 38.7 Å². The van der Waals surface area contributed by atoms with Gasteiger partial charge < -0.3 is 4.90 Å². The van der Waals surface area contributed by atoms with Crippen LogP contribution in [0.4, 0.5) is 0 Å². The van der Waals surface area contributed by atoms with Gasteiger partial charge in [0.25, 0.3) is 0 Å². The molecule has 0 radical (unpaired) electrons. The molecule has 0 aromatic carbocycles. The molecule has 16 heteroatoms. The Bertz CT molecular complexity index is 1000. The summed E-state index contributed by atoms with van der Waals surface area (Å²) in [6, 6.07) is 3.92. The molecule has 3 bridgehead atoms. The fourth-order valence-corrected chi connectivity index (χ4v) is 16.1. The van der Waals surface area contributed by atoms with Gasteiger partial charge in [-0.05, 0) is 14.1 Å². The van der Waals surface area contributed by atoms with E-state index in [-0.39, 0.29) is 11.3 Å². The summed E-state index contributed by atoms with van der Waals surface area (Å²) in [5.74, 6) is 2.04. The third-order valence-corrected chi connectivity index (χ3v) is 17.1. The zero-order chi connectivity index (χ0) is 25.3. The first-order valence-electron chi connectivity index (χ1n) is 10.8. The van der Waals surface area contributed by atoms with E-state index in [9.17, 15) is 19.9 Å². The number of thioether (sulfide) groups is 1. The van der Waals surface area contributed by atoms with Gasteiger partial charge in [0.1, 0.15) is 0 Å². The molecule has 4 fully saturated rings. The van der Waals surface area contributed by atoms with Crippen LogP contribution in [-0.2, 0) is 31.3 Å². The minimum atomic E-state index is -6.08. The first-order chi connectivity index (χ1) is 16.5. The van der Waals surface area contributed by atoms with Crippen LogP contribution in [0.2, 0.25) is 0 Å². The van der Waals surface area contributed by atoms with Crippen LogP contribution >= 0.6 is 11.8 Å². The molecule has 1 aromatic rings. The van der Waals surface area contributed by atoms with Gasteiger partial charge in [0.2, 0.25) is 0 Å². The average molecular weight is 713 g/mol. The maximum atomic E-state index is 12.5. The fourth-order valence-electron chi connectivity index (χ4n) is 3.88. The predicted molar refractivity (Wildman–Crippen MR) is 117 cm³/mol. The average Bonchev–Trinajstić information content (AvgIpc) is 3.21. The Hall–Kier alpha value is -1.52. The quantitative estimate of drug-likeness (QED) is 0.125. The van der Waals surface area contributed by atoms with Gasteiger partial charge in [-0.25, -0.2) is 0 Å². The number of hydrogen-bond acceptors (Lipinski definition) is 14. The second kappa shape index (κ2) is 10.1. The summed E-state index contributed by atoms with van der Waals surface area (Å²) in [5, 5.41) is 29.4. The van der Waals surface area contributed by atoms with E-state index in [0.717, 1.165) is 30.0 Å². The molecule has 2 N–H and O–H groups in total. The van der Waals surface area contributed by atoms with Crippen molar-refractivity contribution in [1.82, 2.24) is 15.5 Å². The summed E-state index contributed by atoms with van der Waals surface area (Å²) in [6.07, 6.45) is -2.72. The Morgan fingerprint density at radius 1 is 1.37 bits per heavy atom. The fraction of sp³-hybridized carbons (Fsp3) is 0.632. The molecule has 1 spiro atoms. The van der Waals surface area contributed by atoms with Gasteiger partial charge in [0.15, 0.2) is 0 Å². The molecule has 0 aliphatic carbocycles. The molecule has 5 rings (SSSR count). The van der Waals surface area contributed by atoms with Crippen LogP contribution in [-0.4, -0.2) is 88.4 Å². The summed E-state index contributed by atoms with van der Waals surface area (Å²) in [6.45, 7) is 1.26. The second-order valence-corrected chi connectivity index (χ2v) is 19.2. The zero-order valence-corrected chi connectivity index (χ0v) is 23.8. The first kappa shape index (κ1) is 26.5. The third kappa shape index (κ3) is 5.75. The number of nitrogens with zero attached hydrogens (tertiary/aromatic N) is 2. The van der Waals surface area contributed by atoms with Crippen molar-refractivity contribution in [2.75, 3.05) is 33.4 Å². The normalized spacial score (nSPS) is 29.1. The molecule has 0 amide bonds. The van der Waals surface area contributed by atoms with Crippen LogP contribution in [0.25, 0.3) is 0 Å². The van der Waals surface area contributed by atoms with Crippen LogP contribution in [0.3, 0.4) is 0 Å². The maximum absolute atomic E-state index is 12.5. The van der Waals surface area contributed by atoms with Crippen molar-refractivity contribution in [2.45, 2.75) is 43.3 Å². The van der Waals surface area contributed by atoms with E-state index in [1.165, 1.54) is 0 Å². The Labute approximate surface area is 209 Å². The summed E-state index contributed by atoms with van der Waals surface area (Å²) in [7, 11) is 5.55. The van der Waals surface area contributed by atoms with Gasteiger partial charge in [-0.15, -0.1) is 0 Å². The molecule has 35 heavy (non-hydrogen) atoms. The van der Waals surface area contributed by atoms with Crippen molar-refractivity contribution in [3.05, 3.63) is 40.6 Å². The van der Waals surface area contributed by atoms with E-state index >= 15 is 0 Å². The number of rotatable bonds is 14. The number of hydrogen-bond donors (Lipinski definition) is 2. The van der Waals surface area contributed by atoms with E-state index < -0.39 is 51.6 Å². The number of carbonyl (C=O) groups excluding carboxylic acids is 1. The van der Waals surface area contributed by atoms with Gasteiger partial charge in [-0.3, -0.25) is 0 Å². The number of aliphatic carboxylic acids is 1. The number of carboxylic acids is 1. The van der Waals surface area contributed by atoms with Crippen molar-refractivity contribution in [3.63, 3.8) is 0 Å². The minimum absolute atomic E-state index is 0.0254. The molecule has 4 aliphatic rings. The Kier molecular flexibility index (Phi) is 7.65. The van der Waals surface area contributed by atoms with Gasteiger partial charge in [-0.2, -0.15) is 0 Å². The molecule has 0 saturated carbocycles. The standard InChI is InChI=1S/C13H22N4O3S.C6H7O7.Bi/c1-14-13(9-17(18)19)15-6-7-21-10-12-5-4-11(20-12)8-16(2)3;7-3(8)1-6(13,5(11)12)2-4(9)10;/h4-5,9,14-15H,6-8,10H2,1-3H3;3,5H,1-2H2,(H,9,10);/q;-5;+5/p-1/b13-9+;;. The van der Waals surface area contributed by atoms with E-state index in [4.69, 9.17) is 18.6 Å². The van der Waals surface area contributed by atoms with Gasteiger partial charge in [0, 0.05) is 0 Å². The van der Waals surface area contributed by atoms with Crippen LogP contribution in [0, 0.1) is 4.91 Å². The van der Waals surface area contributed by atoms with E-state index in [2.05, 4.69) is 10.6 Å². The molecule has 4 saturated heterocycles. The molecule has 2 atom stereocenters. The van der Waals surface area contributed by atoms with Gasteiger partial charge >= 0.3 is 185 Å². The second-order valence-electron chi connectivity index (χ2n) is 8.48. The molecular formula is C19H28BiN4O10S-. The number of furan rings is 1. The number of carboxylic acid groups (broad SMARTS) is 1. The van der Waals surface area contributed by atoms with Crippen LogP contribution in [0.5, 0.6) is 0 Å². The monoisotopic (exact) mass is 713 g/mol. The van der Waals surface area contributed by atoms with Gasteiger partial charge in [-0.1, -0.05) is 0 Å².